The minimum Gasteiger partial charge on any atom is -0.326 e. The maximum Gasteiger partial charge on any atom is 0.0489 e. The van der Waals surface area contributed by atoms with Gasteiger partial charge in [-0.05, 0) is 25.2 Å². The van der Waals surface area contributed by atoms with Gasteiger partial charge >= 0.3 is 0 Å². The van der Waals surface area contributed by atoms with Gasteiger partial charge in [-0.15, -0.1) is 11.6 Å². The molecule has 1 saturated carbocycles. The van der Waals surface area contributed by atoms with Crippen molar-refractivity contribution in [2.45, 2.75) is 37.6 Å². The Labute approximate surface area is 61.6 Å². The fourth-order valence-electron chi connectivity index (χ4n) is 1.33. The van der Waals surface area contributed by atoms with E-state index in [0.717, 1.165) is 18.8 Å². The Morgan fingerprint density at radius 2 is 2.11 bits per heavy atom. The van der Waals surface area contributed by atoms with E-state index in [9.17, 15) is 0 Å². The number of hydrogen-bond acceptors (Lipinski definition) is 1. The standard InChI is InChI=1S/C7H14ClN/c1-5-2-3-7(9)6(8)4-5/h5-7H,2-4,9H2,1H3. The van der Waals surface area contributed by atoms with Crippen molar-refractivity contribution >= 4 is 11.6 Å². The molecule has 0 aliphatic heterocycles. The molecule has 1 aliphatic rings. The summed E-state index contributed by atoms with van der Waals surface area (Å²) in [6.07, 6.45) is 3.46. The topological polar surface area (TPSA) is 26.0 Å². The smallest absolute Gasteiger partial charge is 0.0489 e. The van der Waals surface area contributed by atoms with Crippen molar-refractivity contribution < 1.29 is 0 Å². The highest BCUT2D eigenvalue weighted by Crippen LogP contribution is 2.26. The number of alkyl halides is 1. The lowest BCUT2D eigenvalue weighted by Gasteiger charge is -2.27. The zero-order chi connectivity index (χ0) is 6.85. The van der Waals surface area contributed by atoms with Crippen molar-refractivity contribution in [1.29, 1.82) is 0 Å². The van der Waals surface area contributed by atoms with Gasteiger partial charge in [0.1, 0.15) is 0 Å². The van der Waals surface area contributed by atoms with Gasteiger partial charge < -0.3 is 5.73 Å². The third-order valence-corrected chi connectivity index (χ3v) is 2.59. The van der Waals surface area contributed by atoms with E-state index in [0.29, 0.717) is 0 Å². The largest absolute Gasteiger partial charge is 0.326 e. The van der Waals surface area contributed by atoms with E-state index in [1.807, 2.05) is 0 Å². The van der Waals surface area contributed by atoms with Gasteiger partial charge in [0.25, 0.3) is 0 Å². The SMILES string of the molecule is CC1CCC(N)C(Cl)C1. The van der Waals surface area contributed by atoms with E-state index < -0.39 is 0 Å². The van der Waals surface area contributed by atoms with Crippen LogP contribution in [0.1, 0.15) is 26.2 Å². The summed E-state index contributed by atoms with van der Waals surface area (Å²) in [4.78, 5) is 0. The molecule has 1 aliphatic carbocycles. The first-order valence-electron chi connectivity index (χ1n) is 3.60. The fourth-order valence-corrected chi connectivity index (χ4v) is 1.76. The highest BCUT2D eigenvalue weighted by atomic mass is 35.5. The molecule has 2 heteroatoms. The van der Waals surface area contributed by atoms with Crippen molar-refractivity contribution in [3.63, 3.8) is 0 Å². The van der Waals surface area contributed by atoms with Crippen LogP contribution in [0, 0.1) is 5.92 Å². The fraction of sp³-hybridized carbons (Fsp3) is 1.00. The quantitative estimate of drug-likeness (QED) is 0.519. The Morgan fingerprint density at radius 3 is 2.56 bits per heavy atom. The number of hydrogen-bond donors (Lipinski definition) is 1. The first kappa shape index (κ1) is 7.36. The summed E-state index contributed by atoms with van der Waals surface area (Å²) in [5.74, 6) is 0.785. The van der Waals surface area contributed by atoms with Crippen molar-refractivity contribution in [3.8, 4) is 0 Å². The number of halogens is 1. The van der Waals surface area contributed by atoms with E-state index in [1.54, 1.807) is 0 Å². The van der Waals surface area contributed by atoms with Gasteiger partial charge in [0.05, 0.1) is 0 Å². The average molecular weight is 148 g/mol. The Hall–Kier alpha value is 0.250. The van der Waals surface area contributed by atoms with E-state index in [1.165, 1.54) is 6.42 Å². The van der Waals surface area contributed by atoms with Gasteiger partial charge in [0.15, 0.2) is 0 Å². The van der Waals surface area contributed by atoms with Gasteiger partial charge in [-0.3, -0.25) is 0 Å². The first-order valence-corrected chi connectivity index (χ1v) is 4.03. The van der Waals surface area contributed by atoms with E-state index in [2.05, 4.69) is 6.92 Å². The third-order valence-electron chi connectivity index (χ3n) is 2.08. The molecule has 0 aromatic rings. The molecule has 0 saturated heterocycles. The molecule has 0 amide bonds. The second-order valence-electron chi connectivity index (χ2n) is 3.10. The first-order chi connectivity index (χ1) is 4.20. The van der Waals surface area contributed by atoms with E-state index >= 15 is 0 Å². The molecule has 3 atom stereocenters. The zero-order valence-electron chi connectivity index (χ0n) is 5.81. The van der Waals surface area contributed by atoms with Crippen molar-refractivity contribution in [2.24, 2.45) is 11.7 Å². The summed E-state index contributed by atoms with van der Waals surface area (Å²) >= 11 is 5.94. The van der Waals surface area contributed by atoms with Gasteiger partial charge in [-0.2, -0.15) is 0 Å². The van der Waals surface area contributed by atoms with Crippen LogP contribution >= 0.6 is 11.6 Å². The second-order valence-corrected chi connectivity index (χ2v) is 3.66. The van der Waals surface area contributed by atoms with Crippen LogP contribution < -0.4 is 5.73 Å². The van der Waals surface area contributed by atoms with E-state index in [4.69, 9.17) is 17.3 Å². The summed E-state index contributed by atoms with van der Waals surface area (Å²) in [6.45, 7) is 2.24. The molecule has 9 heavy (non-hydrogen) atoms. The molecule has 3 unspecified atom stereocenters. The predicted octanol–water partition coefficient (Wildman–Crippen LogP) is 1.74. The van der Waals surface area contributed by atoms with Crippen molar-refractivity contribution in [3.05, 3.63) is 0 Å². The van der Waals surface area contributed by atoms with Gasteiger partial charge in [-0.25, -0.2) is 0 Å². The average Bonchev–Trinajstić information content (AvgIpc) is 1.80. The highest BCUT2D eigenvalue weighted by molar-refractivity contribution is 6.21. The Morgan fingerprint density at radius 1 is 1.44 bits per heavy atom. The monoisotopic (exact) mass is 147 g/mol. The normalized spacial score (nSPS) is 45.0. The summed E-state index contributed by atoms with van der Waals surface area (Å²) in [5.41, 5.74) is 5.71. The number of rotatable bonds is 0. The van der Waals surface area contributed by atoms with Gasteiger partial charge in [0, 0.05) is 11.4 Å². The van der Waals surface area contributed by atoms with Crippen LogP contribution in [-0.2, 0) is 0 Å². The van der Waals surface area contributed by atoms with Crippen LogP contribution in [0.3, 0.4) is 0 Å². The molecule has 2 N–H and O–H groups in total. The molecular formula is C7H14ClN. The minimum absolute atomic E-state index is 0.230. The van der Waals surface area contributed by atoms with Crippen LogP contribution in [0.4, 0.5) is 0 Å². The van der Waals surface area contributed by atoms with Gasteiger partial charge in [0.2, 0.25) is 0 Å². The van der Waals surface area contributed by atoms with Crippen LogP contribution in [0.2, 0.25) is 0 Å². The molecule has 1 nitrogen and oxygen atoms in total. The number of nitrogens with two attached hydrogens (primary N) is 1. The van der Waals surface area contributed by atoms with Crippen LogP contribution in [0.15, 0.2) is 0 Å². The maximum absolute atomic E-state index is 5.94. The lowest BCUT2D eigenvalue weighted by atomic mass is 9.87. The lowest BCUT2D eigenvalue weighted by molar-refractivity contribution is 0.353. The zero-order valence-corrected chi connectivity index (χ0v) is 6.56. The Kier molecular flexibility index (Phi) is 2.36. The molecule has 0 radical (unpaired) electrons. The lowest BCUT2D eigenvalue weighted by Crippen LogP contribution is -2.36. The molecule has 1 rings (SSSR count). The Bertz CT molecular complexity index is 94.9. The van der Waals surface area contributed by atoms with Crippen molar-refractivity contribution in [1.82, 2.24) is 0 Å². The van der Waals surface area contributed by atoms with Crippen LogP contribution in [0.5, 0.6) is 0 Å². The van der Waals surface area contributed by atoms with Gasteiger partial charge in [-0.1, -0.05) is 6.92 Å². The summed E-state index contributed by atoms with van der Waals surface area (Å²) in [7, 11) is 0. The van der Waals surface area contributed by atoms with Crippen LogP contribution in [-0.4, -0.2) is 11.4 Å². The molecule has 0 spiro atoms. The summed E-state index contributed by atoms with van der Waals surface area (Å²) in [6, 6.07) is 0.253. The molecular weight excluding hydrogens is 134 g/mol. The molecule has 1 fully saturated rings. The predicted molar refractivity (Wildman–Crippen MR) is 40.6 cm³/mol. The van der Waals surface area contributed by atoms with Crippen molar-refractivity contribution in [2.75, 3.05) is 0 Å². The molecule has 0 bridgehead atoms. The second kappa shape index (κ2) is 2.89. The molecule has 0 aromatic carbocycles. The highest BCUT2D eigenvalue weighted by Gasteiger charge is 2.23. The molecule has 0 aromatic heterocycles. The summed E-state index contributed by atoms with van der Waals surface area (Å²) < 4.78 is 0. The molecule has 54 valence electrons. The minimum atomic E-state index is 0.230. The third kappa shape index (κ3) is 1.84. The maximum atomic E-state index is 5.94. The van der Waals surface area contributed by atoms with E-state index in [-0.39, 0.29) is 11.4 Å². The Balaban J connectivity index is 2.35. The molecule has 0 heterocycles. The summed E-state index contributed by atoms with van der Waals surface area (Å²) in [5, 5.41) is 0.230. The van der Waals surface area contributed by atoms with Crippen LogP contribution in [0.25, 0.3) is 0 Å².